The van der Waals surface area contributed by atoms with Crippen molar-refractivity contribution in [2.24, 2.45) is 5.92 Å². The summed E-state index contributed by atoms with van der Waals surface area (Å²) < 4.78 is 5.15. The van der Waals surface area contributed by atoms with E-state index in [9.17, 15) is 19.2 Å². The predicted molar refractivity (Wildman–Crippen MR) is 118 cm³/mol. The maximum Gasteiger partial charge on any atom is 0.329 e. The van der Waals surface area contributed by atoms with Gasteiger partial charge in [0.05, 0.1) is 5.69 Å². The van der Waals surface area contributed by atoms with Crippen molar-refractivity contribution in [2.75, 3.05) is 11.9 Å². The average molecular weight is 445 g/mol. The monoisotopic (exact) mass is 444 g/mol. The van der Waals surface area contributed by atoms with Crippen molar-refractivity contribution in [1.29, 1.82) is 0 Å². The summed E-state index contributed by atoms with van der Waals surface area (Å²) in [4.78, 5) is 49.0. The molecule has 0 heterocycles. The van der Waals surface area contributed by atoms with Crippen molar-refractivity contribution in [1.82, 2.24) is 5.32 Å². The van der Waals surface area contributed by atoms with Crippen LogP contribution in [0.5, 0.6) is 0 Å². The number of anilines is 1. The van der Waals surface area contributed by atoms with E-state index < -0.39 is 30.4 Å². The molecule has 0 aromatic heterocycles. The lowest BCUT2D eigenvalue weighted by Gasteiger charge is -2.22. The van der Waals surface area contributed by atoms with E-state index >= 15 is 0 Å². The lowest BCUT2D eigenvalue weighted by molar-refractivity contribution is -0.150. The molecule has 0 aliphatic carbocycles. The quantitative estimate of drug-likeness (QED) is 0.451. The topological polar surface area (TPSA) is 102 Å². The van der Waals surface area contributed by atoms with Gasteiger partial charge in [0.2, 0.25) is 0 Å². The van der Waals surface area contributed by atoms with Crippen molar-refractivity contribution >= 4 is 40.9 Å². The molecule has 0 spiro atoms. The Balaban J connectivity index is 2.00. The highest BCUT2D eigenvalue weighted by molar-refractivity contribution is 6.30. The highest BCUT2D eigenvalue weighted by Crippen LogP contribution is 2.16. The van der Waals surface area contributed by atoms with Gasteiger partial charge in [-0.05, 0) is 49.2 Å². The minimum Gasteiger partial charge on any atom is -0.454 e. The van der Waals surface area contributed by atoms with E-state index in [1.165, 1.54) is 6.92 Å². The SMILES string of the molecule is CC[C@H](C)[C@@H](NC(=O)c1ccc(Cl)cc1)C(=O)OCC(=O)Nc1ccccc1C(C)=O. The molecule has 8 heteroatoms. The summed E-state index contributed by atoms with van der Waals surface area (Å²) in [6.45, 7) is 4.53. The molecule has 7 nitrogen and oxygen atoms in total. The zero-order chi connectivity index (χ0) is 23.0. The van der Waals surface area contributed by atoms with Crippen LogP contribution >= 0.6 is 11.6 Å². The first kappa shape index (κ1) is 24.1. The second-order valence-corrected chi connectivity index (χ2v) is 7.54. The Labute approximate surface area is 186 Å². The van der Waals surface area contributed by atoms with Crippen LogP contribution in [0.1, 0.15) is 47.9 Å². The number of hydrogen-bond acceptors (Lipinski definition) is 5. The number of hydrogen-bond donors (Lipinski definition) is 2. The van der Waals surface area contributed by atoms with Gasteiger partial charge in [-0.25, -0.2) is 4.79 Å². The minimum absolute atomic E-state index is 0.199. The predicted octanol–water partition coefficient (Wildman–Crippen LogP) is 3.87. The highest BCUT2D eigenvalue weighted by Gasteiger charge is 2.28. The largest absolute Gasteiger partial charge is 0.454 e. The normalized spacial score (nSPS) is 12.4. The van der Waals surface area contributed by atoms with E-state index in [1.807, 2.05) is 6.92 Å². The van der Waals surface area contributed by atoms with Crippen LogP contribution in [-0.2, 0) is 14.3 Å². The lowest BCUT2D eigenvalue weighted by Crippen LogP contribution is -2.46. The van der Waals surface area contributed by atoms with E-state index in [-0.39, 0.29) is 11.7 Å². The number of ether oxygens (including phenoxy) is 1. The van der Waals surface area contributed by atoms with Gasteiger partial charge in [0.15, 0.2) is 12.4 Å². The Bertz CT molecular complexity index is 959. The molecule has 164 valence electrons. The van der Waals surface area contributed by atoms with E-state index in [0.717, 1.165) is 0 Å². The first-order valence-corrected chi connectivity index (χ1v) is 10.2. The van der Waals surface area contributed by atoms with Gasteiger partial charge in [0.1, 0.15) is 6.04 Å². The Morgan fingerprint density at radius 1 is 1.03 bits per heavy atom. The van der Waals surface area contributed by atoms with Crippen LogP contribution in [0, 0.1) is 5.92 Å². The number of benzene rings is 2. The molecule has 0 bridgehead atoms. The molecule has 2 amide bonds. The van der Waals surface area contributed by atoms with Gasteiger partial charge in [-0.3, -0.25) is 14.4 Å². The van der Waals surface area contributed by atoms with Crippen LogP contribution < -0.4 is 10.6 Å². The zero-order valence-corrected chi connectivity index (χ0v) is 18.4. The molecule has 0 radical (unpaired) electrons. The Morgan fingerprint density at radius 2 is 1.68 bits per heavy atom. The van der Waals surface area contributed by atoms with Gasteiger partial charge in [-0.15, -0.1) is 0 Å². The maximum atomic E-state index is 12.6. The molecular weight excluding hydrogens is 420 g/mol. The van der Waals surface area contributed by atoms with E-state index in [2.05, 4.69) is 10.6 Å². The number of nitrogens with one attached hydrogen (secondary N) is 2. The third-order valence-corrected chi connectivity index (χ3v) is 5.04. The van der Waals surface area contributed by atoms with Crippen molar-refractivity contribution in [2.45, 2.75) is 33.2 Å². The lowest BCUT2D eigenvalue weighted by atomic mass is 9.99. The van der Waals surface area contributed by atoms with Gasteiger partial charge in [-0.2, -0.15) is 0 Å². The minimum atomic E-state index is -0.925. The highest BCUT2D eigenvalue weighted by atomic mass is 35.5. The van der Waals surface area contributed by atoms with Crippen molar-refractivity contribution in [3.8, 4) is 0 Å². The fourth-order valence-corrected chi connectivity index (χ4v) is 2.93. The number of carbonyl (C=O) groups is 4. The smallest absolute Gasteiger partial charge is 0.329 e. The Hall–Kier alpha value is -3.19. The molecule has 0 saturated carbocycles. The van der Waals surface area contributed by atoms with Gasteiger partial charge in [0.25, 0.3) is 11.8 Å². The second kappa shape index (κ2) is 11.3. The van der Waals surface area contributed by atoms with Crippen LogP contribution in [0.4, 0.5) is 5.69 Å². The van der Waals surface area contributed by atoms with E-state index in [1.54, 1.807) is 55.5 Å². The molecule has 0 aliphatic rings. The van der Waals surface area contributed by atoms with Crippen LogP contribution in [0.25, 0.3) is 0 Å². The van der Waals surface area contributed by atoms with Gasteiger partial charge in [-0.1, -0.05) is 44.0 Å². The van der Waals surface area contributed by atoms with Crippen LogP contribution in [-0.4, -0.2) is 36.2 Å². The van der Waals surface area contributed by atoms with Crippen LogP contribution in [0.2, 0.25) is 5.02 Å². The fourth-order valence-electron chi connectivity index (χ4n) is 2.81. The van der Waals surface area contributed by atoms with Crippen LogP contribution in [0.3, 0.4) is 0 Å². The molecule has 2 rings (SSSR count). The van der Waals surface area contributed by atoms with Gasteiger partial charge in [0, 0.05) is 16.1 Å². The summed E-state index contributed by atoms with van der Waals surface area (Å²) >= 11 is 5.84. The molecule has 0 fully saturated rings. The third kappa shape index (κ3) is 6.93. The number of esters is 1. The summed E-state index contributed by atoms with van der Waals surface area (Å²) in [6, 6.07) is 11.9. The molecule has 0 unspecified atom stereocenters. The molecule has 2 atom stereocenters. The number of Topliss-reactive ketones (excluding diaryl/α,β-unsaturated/α-hetero) is 1. The molecule has 31 heavy (non-hydrogen) atoms. The number of para-hydroxylation sites is 1. The second-order valence-electron chi connectivity index (χ2n) is 7.10. The van der Waals surface area contributed by atoms with Crippen LogP contribution in [0.15, 0.2) is 48.5 Å². The first-order chi connectivity index (χ1) is 14.7. The molecule has 0 aliphatic heterocycles. The molecule has 0 saturated heterocycles. The molecule has 2 aromatic rings. The summed E-state index contributed by atoms with van der Waals surface area (Å²) in [5.74, 6) is -2.17. The first-order valence-electron chi connectivity index (χ1n) is 9.85. The van der Waals surface area contributed by atoms with E-state index in [4.69, 9.17) is 16.3 Å². The van der Waals surface area contributed by atoms with Crippen molar-refractivity contribution in [3.05, 3.63) is 64.7 Å². The molecule has 2 N–H and O–H groups in total. The van der Waals surface area contributed by atoms with E-state index in [0.29, 0.717) is 28.3 Å². The third-order valence-electron chi connectivity index (χ3n) is 4.79. The fraction of sp³-hybridized carbons (Fsp3) is 0.304. The number of rotatable bonds is 9. The van der Waals surface area contributed by atoms with Crippen molar-refractivity contribution < 1.29 is 23.9 Å². The number of carbonyl (C=O) groups excluding carboxylic acids is 4. The standard InChI is InChI=1S/C23H25ClN2O5/c1-4-14(2)21(26-22(29)16-9-11-17(24)12-10-16)23(30)31-13-20(28)25-19-8-6-5-7-18(19)15(3)27/h5-12,14,21H,4,13H2,1-3H3,(H,25,28)(H,26,29)/t14-,21+/m0/s1. The molecular formula is C23H25ClN2O5. The zero-order valence-electron chi connectivity index (χ0n) is 17.6. The van der Waals surface area contributed by atoms with Crippen molar-refractivity contribution in [3.63, 3.8) is 0 Å². The Kier molecular flexibility index (Phi) is 8.75. The number of amides is 2. The summed E-state index contributed by atoms with van der Waals surface area (Å²) in [5, 5.41) is 5.72. The Morgan fingerprint density at radius 3 is 2.29 bits per heavy atom. The number of halogens is 1. The maximum absolute atomic E-state index is 12.6. The number of ketones is 1. The molecule has 2 aromatic carbocycles. The van der Waals surface area contributed by atoms with Gasteiger partial charge < -0.3 is 15.4 Å². The summed E-state index contributed by atoms with van der Waals surface area (Å²) in [6.07, 6.45) is 0.610. The summed E-state index contributed by atoms with van der Waals surface area (Å²) in [7, 11) is 0. The van der Waals surface area contributed by atoms with Gasteiger partial charge >= 0.3 is 5.97 Å². The summed E-state index contributed by atoms with van der Waals surface area (Å²) in [5.41, 5.74) is 1.05. The average Bonchev–Trinajstić information content (AvgIpc) is 2.75.